The first-order valence-corrected chi connectivity index (χ1v) is 4.96. The summed E-state index contributed by atoms with van der Waals surface area (Å²) < 4.78 is 0. The Balaban J connectivity index is 2.39. The summed E-state index contributed by atoms with van der Waals surface area (Å²) in [6, 6.07) is 0.251. The van der Waals surface area contributed by atoms with Crippen LogP contribution < -0.4 is 5.73 Å². The van der Waals surface area contributed by atoms with Crippen LogP contribution in [0.1, 0.15) is 19.8 Å². The van der Waals surface area contributed by atoms with E-state index in [1.165, 1.54) is 6.08 Å². The Morgan fingerprint density at radius 1 is 1.71 bits per heavy atom. The zero-order valence-corrected chi connectivity index (χ0v) is 8.57. The minimum Gasteiger partial charge on any atom is -0.478 e. The van der Waals surface area contributed by atoms with Gasteiger partial charge >= 0.3 is 5.97 Å². The van der Waals surface area contributed by atoms with Crippen molar-refractivity contribution in [1.82, 2.24) is 4.90 Å². The van der Waals surface area contributed by atoms with Crippen LogP contribution in [0.15, 0.2) is 11.6 Å². The van der Waals surface area contributed by atoms with Crippen LogP contribution in [0.2, 0.25) is 0 Å². The summed E-state index contributed by atoms with van der Waals surface area (Å²) in [4.78, 5) is 12.6. The lowest BCUT2D eigenvalue weighted by molar-refractivity contribution is -0.131. The van der Waals surface area contributed by atoms with Crippen LogP contribution in [0.3, 0.4) is 0 Å². The van der Waals surface area contributed by atoms with Gasteiger partial charge in [0.25, 0.3) is 0 Å². The van der Waals surface area contributed by atoms with Crippen LogP contribution in [0.5, 0.6) is 0 Å². The predicted octanol–water partition coefficient (Wildman–Crippen LogP) is 0.440. The Bertz CT molecular complexity index is 238. The molecule has 14 heavy (non-hydrogen) atoms. The number of carboxylic acids is 1. The fourth-order valence-corrected chi connectivity index (χ4v) is 1.84. The van der Waals surface area contributed by atoms with Crippen molar-refractivity contribution in [3.8, 4) is 0 Å². The predicted molar refractivity (Wildman–Crippen MR) is 55.0 cm³/mol. The molecule has 0 amide bonds. The second-order valence-electron chi connectivity index (χ2n) is 3.97. The van der Waals surface area contributed by atoms with Crippen LogP contribution >= 0.6 is 0 Å². The molecule has 0 aromatic rings. The van der Waals surface area contributed by atoms with E-state index in [0.29, 0.717) is 0 Å². The summed E-state index contributed by atoms with van der Waals surface area (Å²) in [5, 5.41) is 8.55. The van der Waals surface area contributed by atoms with Crippen molar-refractivity contribution in [3.63, 3.8) is 0 Å². The van der Waals surface area contributed by atoms with E-state index in [1.807, 2.05) is 6.92 Å². The number of carboxylic acid groups (broad SMARTS) is 1. The third-order valence-electron chi connectivity index (χ3n) is 2.38. The monoisotopic (exact) mass is 198 g/mol. The molecule has 3 N–H and O–H groups in total. The van der Waals surface area contributed by atoms with E-state index in [4.69, 9.17) is 10.8 Å². The fraction of sp³-hybridized carbons (Fsp3) is 0.700. The molecule has 0 spiro atoms. The van der Waals surface area contributed by atoms with Gasteiger partial charge in [0.2, 0.25) is 0 Å². The van der Waals surface area contributed by atoms with Crippen molar-refractivity contribution >= 4 is 5.97 Å². The van der Waals surface area contributed by atoms with Gasteiger partial charge in [-0.2, -0.15) is 0 Å². The van der Waals surface area contributed by atoms with Crippen LogP contribution in [0, 0.1) is 0 Å². The molecule has 80 valence electrons. The number of nitrogens with zero attached hydrogens (tertiary/aromatic N) is 1. The second-order valence-corrected chi connectivity index (χ2v) is 3.97. The molecule has 0 aromatic carbocycles. The number of aliphatic carboxylic acids is 1. The SMILES string of the molecule is CC(=CC(=O)O)CN1CCCC(N)C1. The lowest BCUT2D eigenvalue weighted by Crippen LogP contribution is -2.43. The molecule has 1 rings (SSSR count). The first kappa shape index (κ1) is 11.2. The molecule has 0 aliphatic carbocycles. The minimum atomic E-state index is -0.871. The number of hydrogen-bond donors (Lipinski definition) is 2. The number of likely N-dealkylation sites (tertiary alicyclic amines) is 1. The highest BCUT2D eigenvalue weighted by molar-refractivity contribution is 5.80. The largest absolute Gasteiger partial charge is 0.478 e. The van der Waals surface area contributed by atoms with Crippen molar-refractivity contribution < 1.29 is 9.90 Å². The van der Waals surface area contributed by atoms with Crippen LogP contribution in [0.25, 0.3) is 0 Å². The number of rotatable bonds is 3. The van der Waals surface area contributed by atoms with E-state index in [1.54, 1.807) is 0 Å². The molecule has 1 aliphatic heterocycles. The Morgan fingerprint density at radius 2 is 2.43 bits per heavy atom. The van der Waals surface area contributed by atoms with E-state index in [-0.39, 0.29) is 6.04 Å². The molecular formula is C10H18N2O2. The summed E-state index contributed by atoms with van der Waals surface area (Å²) in [6.07, 6.45) is 3.46. The maximum absolute atomic E-state index is 10.4. The highest BCUT2D eigenvalue weighted by Gasteiger charge is 2.16. The lowest BCUT2D eigenvalue weighted by Gasteiger charge is -2.30. The molecule has 0 saturated carbocycles. The summed E-state index contributed by atoms with van der Waals surface area (Å²) in [7, 11) is 0. The number of nitrogens with two attached hydrogens (primary N) is 1. The molecule has 1 aliphatic rings. The molecule has 1 fully saturated rings. The zero-order valence-electron chi connectivity index (χ0n) is 8.57. The van der Waals surface area contributed by atoms with Crippen molar-refractivity contribution in [1.29, 1.82) is 0 Å². The molecule has 1 atom stereocenters. The zero-order chi connectivity index (χ0) is 10.6. The lowest BCUT2D eigenvalue weighted by atomic mass is 10.1. The number of piperidine rings is 1. The van der Waals surface area contributed by atoms with E-state index in [9.17, 15) is 4.79 Å². The maximum atomic E-state index is 10.4. The first-order chi connectivity index (χ1) is 6.58. The van der Waals surface area contributed by atoms with Crippen molar-refractivity contribution in [2.45, 2.75) is 25.8 Å². The molecule has 1 saturated heterocycles. The Labute approximate surface area is 84.4 Å². The third-order valence-corrected chi connectivity index (χ3v) is 2.38. The van der Waals surface area contributed by atoms with Gasteiger partial charge in [0, 0.05) is 25.2 Å². The van der Waals surface area contributed by atoms with Gasteiger partial charge in [-0.05, 0) is 26.3 Å². The molecule has 1 unspecified atom stereocenters. The Hall–Kier alpha value is -0.870. The maximum Gasteiger partial charge on any atom is 0.328 e. The second kappa shape index (κ2) is 5.12. The Kier molecular flexibility index (Phi) is 4.10. The fourth-order valence-electron chi connectivity index (χ4n) is 1.84. The molecule has 0 aromatic heterocycles. The van der Waals surface area contributed by atoms with Gasteiger partial charge in [0.15, 0.2) is 0 Å². The smallest absolute Gasteiger partial charge is 0.328 e. The molecule has 0 bridgehead atoms. The van der Waals surface area contributed by atoms with Gasteiger partial charge in [0.05, 0.1) is 0 Å². The average molecular weight is 198 g/mol. The van der Waals surface area contributed by atoms with E-state index < -0.39 is 5.97 Å². The molecule has 4 nitrogen and oxygen atoms in total. The van der Waals surface area contributed by atoms with E-state index in [0.717, 1.165) is 38.0 Å². The normalized spacial score (nSPS) is 25.0. The van der Waals surface area contributed by atoms with Crippen LogP contribution in [-0.4, -0.2) is 41.7 Å². The van der Waals surface area contributed by atoms with Gasteiger partial charge in [-0.3, -0.25) is 4.90 Å². The van der Waals surface area contributed by atoms with E-state index in [2.05, 4.69) is 4.90 Å². The standard InChI is InChI=1S/C10H18N2O2/c1-8(5-10(13)14)6-12-4-2-3-9(11)7-12/h5,9H,2-4,6-7,11H2,1H3,(H,13,14). The first-order valence-electron chi connectivity index (χ1n) is 4.96. The Morgan fingerprint density at radius 3 is 3.00 bits per heavy atom. The van der Waals surface area contributed by atoms with Gasteiger partial charge in [-0.1, -0.05) is 5.57 Å². The summed E-state index contributed by atoms with van der Waals surface area (Å²) in [6.45, 7) is 4.47. The quantitative estimate of drug-likeness (QED) is 0.646. The summed E-state index contributed by atoms with van der Waals surface area (Å²) in [5.74, 6) is -0.871. The van der Waals surface area contributed by atoms with Crippen LogP contribution in [0.4, 0.5) is 0 Å². The third kappa shape index (κ3) is 3.89. The van der Waals surface area contributed by atoms with Gasteiger partial charge in [-0.25, -0.2) is 4.79 Å². The molecule has 1 heterocycles. The topological polar surface area (TPSA) is 66.6 Å². The van der Waals surface area contributed by atoms with Crippen molar-refractivity contribution in [2.24, 2.45) is 5.73 Å². The molecular weight excluding hydrogens is 180 g/mol. The average Bonchev–Trinajstić information content (AvgIpc) is 2.01. The molecule has 4 heteroatoms. The number of carbonyl (C=O) groups is 1. The molecule has 0 radical (unpaired) electrons. The van der Waals surface area contributed by atoms with Gasteiger partial charge in [0.1, 0.15) is 0 Å². The summed E-state index contributed by atoms with van der Waals surface area (Å²) >= 11 is 0. The minimum absolute atomic E-state index is 0.251. The van der Waals surface area contributed by atoms with Gasteiger partial charge in [-0.15, -0.1) is 0 Å². The highest BCUT2D eigenvalue weighted by Crippen LogP contribution is 2.09. The summed E-state index contributed by atoms with van der Waals surface area (Å²) in [5.41, 5.74) is 6.71. The van der Waals surface area contributed by atoms with Crippen molar-refractivity contribution in [2.75, 3.05) is 19.6 Å². The van der Waals surface area contributed by atoms with Crippen LogP contribution in [-0.2, 0) is 4.79 Å². The highest BCUT2D eigenvalue weighted by atomic mass is 16.4. The van der Waals surface area contributed by atoms with E-state index >= 15 is 0 Å². The number of hydrogen-bond acceptors (Lipinski definition) is 3. The van der Waals surface area contributed by atoms with Gasteiger partial charge < -0.3 is 10.8 Å². The van der Waals surface area contributed by atoms with Crippen molar-refractivity contribution in [3.05, 3.63) is 11.6 Å².